The van der Waals surface area contributed by atoms with Crippen LogP contribution in [0.4, 0.5) is 11.6 Å². The predicted octanol–water partition coefficient (Wildman–Crippen LogP) is 5.89. The Hall–Kier alpha value is -3.74. The van der Waals surface area contributed by atoms with E-state index in [9.17, 15) is 4.91 Å². The van der Waals surface area contributed by atoms with Gasteiger partial charge in [-0.1, -0.05) is 31.2 Å². The van der Waals surface area contributed by atoms with Crippen molar-refractivity contribution in [1.29, 1.82) is 0 Å². The summed E-state index contributed by atoms with van der Waals surface area (Å²) in [6.07, 6.45) is 1.60. The quantitative estimate of drug-likeness (QED) is 0.390. The van der Waals surface area contributed by atoms with Crippen molar-refractivity contribution in [3.05, 3.63) is 77.0 Å². The van der Waals surface area contributed by atoms with Gasteiger partial charge in [-0.3, -0.25) is 4.98 Å². The van der Waals surface area contributed by atoms with Gasteiger partial charge in [0.1, 0.15) is 18.0 Å². The average molecular weight is 401 g/mol. The molecule has 0 aliphatic carbocycles. The fourth-order valence-corrected chi connectivity index (χ4v) is 3.27. The van der Waals surface area contributed by atoms with Gasteiger partial charge in [0.15, 0.2) is 0 Å². The summed E-state index contributed by atoms with van der Waals surface area (Å²) in [6.45, 7) is 4.37. The lowest BCUT2D eigenvalue weighted by Gasteiger charge is -2.10. The van der Waals surface area contributed by atoms with Crippen molar-refractivity contribution in [2.75, 3.05) is 5.32 Å². The molecule has 0 spiro atoms. The van der Waals surface area contributed by atoms with Crippen molar-refractivity contribution in [2.24, 2.45) is 12.2 Å². The molecule has 152 valence electrons. The standard InChI is InChI=1S/C23H23N5O2/c1-15(2)16-5-4-6-17(11-16)26-23-27-21-13-19(7-8-22(21)28(23)3)30-20-9-10-24-18(12-20)14-25-29/h4-13,15H,14H2,1-3H3,(H,26,27). The number of pyridine rings is 1. The number of imidazole rings is 1. The maximum absolute atomic E-state index is 10.5. The molecule has 2 aromatic carbocycles. The highest BCUT2D eigenvalue weighted by Gasteiger charge is 2.11. The van der Waals surface area contributed by atoms with Crippen LogP contribution in [0, 0.1) is 4.91 Å². The lowest BCUT2D eigenvalue weighted by molar-refractivity contribution is 0.481. The Morgan fingerprint density at radius 2 is 1.93 bits per heavy atom. The monoisotopic (exact) mass is 401 g/mol. The van der Waals surface area contributed by atoms with E-state index in [4.69, 9.17) is 9.72 Å². The maximum atomic E-state index is 10.5. The third-order valence-electron chi connectivity index (χ3n) is 4.91. The Kier molecular flexibility index (Phi) is 5.43. The lowest BCUT2D eigenvalue weighted by atomic mass is 10.0. The van der Waals surface area contributed by atoms with Crippen LogP contribution in [0.15, 0.2) is 66.0 Å². The first-order valence-corrected chi connectivity index (χ1v) is 9.79. The summed E-state index contributed by atoms with van der Waals surface area (Å²) < 4.78 is 7.94. The second-order valence-electron chi connectivity index (χ2n) is 7.42. The van der Waals surface area contributed by atoms with Crippen molar-refractivity contribution >= 4 is 22.7 Å². The number of fused-ring (bicyclic) bond motifs is 1. The van der Waals surface area contributed by atoms with E-state index in [1.54, 1.807) is 18.3 Å². The van der Waals surface area contributed by atoms with Crippen LogP contribution in [0.5, 0.6) is 11.5 Å². The highest BCUT2D eigenvalue weighted by atomic mass is 16.5. The zero-order chi connectivity index (χ0) is 21.1. The first-order chi connectivity index (χ1) is 14.5. The van der Waals surface area contributed by atoms with Gasteiger partial charge >= 0.3 is 0 Å². The largest absolute Gasteiger partial charge is 0.457 e. The molecule has 0 amide bonds. The fourth-order valence-electron chi connectivity index (χ4n) is 3.27. The molecule has 0 fully saturated rings. The van der Waals surface area contributed by atoms with Crippen LogP contribution in [0.1, 0.15) is 31.0 Å². The van der Waals surface area contributed by atoms with E-state index in [-0.39, 0.29) is 6.54 Å². The molecule has 2 heterocycles. The summed E-state index contributed by atoms with van der Waals surface area (Å²) in [5.74, 6) is 2.47. The predicted molar refractivity (Wildman–Crippen MR) is 118 cm³/mol. The van der Waals surface area contributed by atoms with Crippen molar-refractivity contribution in [1.82, 2.24) is 14.5 Å². The minimum atomic E-state index is 0.0174. The van der Waals surface area contributed by atoms with Gasteiger partial charge in [-0.15, -0.1) is 0 Å². The number of nitrogens with one attached hydrogen (secondary N) is 1. The van der Waals surface area contributed by atoms with Crippen molar-refractivity contribution in [2.45, 2.75) is 26.3 Å². The highest BCUT2D eigenvalue weighted by molar-refractivity contribution is 5.81. The van der Waals surface area contributed by atoms with Gasteiger partial charge in [-0.2, -0.15) is 4.91 Å². The second kappa shape index (κ2) is 8.32. The molecule has 1 N–H and O–H groups in total. The average Bonchev–Trinajstić information content (AvgIpc) is 3.03. The Bertz CT molecular complexity index is 1200. The van der Waals surface area contributed by atoms with Crippen LogP contribution in [0.3, 0.4) is 0 Å². The molecular weight excluding hydrogens is 378 g/mol. The van der Waals surface area contributed by atoms with E-state index in [2.05, 4.69) is 47.5 Å². The molecule has 30 heavy (non-hydrogen) atoms. The van der Waals surface area contributed by atoms with Gasteiger partial charge in [0.25, 0.3) is 0 Å². The van der Waals surface area contributed by atoms with Crippen LogP contribution in [-0.2, 0) is 13.6 Å². The van der Waals surface area contributed by atoms with E-state index in [0.29, 0.717) is 23.1 Å². The second-order valence-corrected chi connectivity index (χ2v) is 7.42. The van der Waals surface area contributed by atoms with E-state index in [0.717, 1.165) is 22.7 Å². The molecule has 0 saturated heterocycles. The van der Waals surface area contributed by atoms with Gasteiger partial charge in [0.2, 0.25) is 5.95 Å². The molecule has 7 nitrogen and oxygen atoms in total. The van der Waals surface area contributed by atoms with Crippen molar-refractivity contribution in [3.8, 4) is 11.5 Å². The summed E-state index contributed by atoms with van der Waals surface area (Å²) in [6, 6.07) is 17.6. The van der Waals surface area contributed by atoms with Crippen LogP contribution < -0.4 is 10.1 Å². The minimum Gasteiger partial charge on any atom is -0.457 e. The van der Waals surface area contributed by atoms with Gasteiger partial charge in [0.05, 0.1) is 16.7 Å². The van der Waals surface area contributed by atoms with E-state index < -0.39 is 0 Å². The number of anilines is 2. The molecule has 2 aromatic heterocycles. The Labute approximate surface area is 174 Å². The Balaban J connectivity index is 1.59. The molecule has 0 unspecified atom stereocenters. The fraction of sp³-hybridized carbons (Fsp3) is 0.217. The zero-order valence-corrected chi connectivity index (χ0v) is 17.2. The van der Waals surface area contributed by atoms with Crippen LogP contribution >= 0.6 is 0 Å². The normalized spacial score (nSPS) is 11.1. The van der Waals surface area contributed by atoms with Gasteiger partial charge in [-0.05, 0) is 41.8 Å². The number of rotatable bonds is 7. The Morgan fingerprint density at radius 1 is 1.10 bits per heavy atom. The van der Waals surface area contributed by atoms with Crippen LogP contribution in [-0.4, -0.2) is 14.5 Å². The summed E-state index contributed by atoms with van der Waals surface area (Å²) in [4.78, 5) is 19.3. The minimum absolute atomic E-state index is 0.0174. The summed E-state index contributed by atoms with van der Waals surface area (Å²) in [5, 5.41) is 6.28. The summed E-state index contributed by atoms with van der Waals surface area (Å²) >= 11 is 0. The summed E-state index contributed by atoms with van der Waals surface area (Å²) in [5.41, 5.74) is 4.66. The molecule has 7 heteroatoms. The van der Waals surface area contributed by atoms with Gasteiger partial charge in [-0.25, -0.2) is 4.98 Å². The number of nitrogens with zero attached hydrogens (tertiary/aromatic N) is 4. The molecule has 4 rings (SSSR count). The van der Waals surface area contributed by atoms with E-state index in [1.807, 2.05) is 35.9 Å². The van der Waals surface area contributed by atoms with Crippen LogP contribution in [0.2, 0.25) is 0 Å². The number of nitroso groups, excluding NO2 is 1. The van der Waals surface area contributed by atoms with Gasteiger partial charge in [0, 0.05) is 31.1 Å². The molecule has 0 saturated carbocycles. The maximum Gasteiger partial charge on any atom is 0.208 e. The third-order valence-corrected chi connectivity index (χ3v) is 4.91. The highest BCUT2D eigenvalue weighted by Crippen LogP contribution is 2.29. The molecular formula is C23H23N5O2. The van der Waals surface area contributed by atoms with Crippen molar-refractivity contribution in [3.63, 3.8) is 0 Å². The number of benzene rings is 2. The topological polar surface area (TPSA) is 81.4 Å². The number of aryl methyl sites for hydroxylation is 1. The first-order valence-electron chi connectivity index (χ1n) is 9.79. The van der Waals surface area contributed by atoms with Crippen molar-refractivity contribution < 1.29 is 4.74 Å². The Morgan fingerprint density at radius 3 is 2.73 bits per heavy atom. The van der Waals surface area contributed by atoms with E-state index in [1.165, 1.54) is 5.56 Å². The smallest absolute Gasteiger partial charge is 0.208 e. The zero-order valence-electron chi connectivity index (χ0n) is 17.2. The van der Waals surface area contributed by atoms with Crippen LogP contribution in [0.25, 0.3) is 11.0 Å². The molecule has 0 aliphatic heterocycles. The van der Waals surface area contributed by atoms with Gasteiger partial charge < -0.3 is 14.6 Å². The number of aromatic nitrogens is 3. The first kappa shape index (κ1) is 19.6. The SMILES string of the molecule is CC(C)c1cccc(Nc2nc3cc(Oc4ccnc(CN=O)c4)ccc3n2C)c1. The lowest BCUT2D eigenvalue weighted by Crippen LogP contribution is -1.99. The number of hydrogen-bond acceptors (Lipinski definition) is 6. The summed E-state index contributed by atoms with van der Waals surface area (Å²) in [7, 11) is 1.98. The molecule has 4 aromatic rings. The molecule has 0 radical (unpaired) electrons. The molecule has 0 atom stereocenters. The molecule has 0 bridgehead atoms. The van der Waals surface area contributed by atoms with E-state index >= 15 is 0 Å². The number of ether oxygens (including phenoxy) is 1. The number of hydrogen-bond donors (Lipinski definition) is 1. The third kappa shape index (κ3) is 4.15. The molecule has 0 aliphatic rings.